The van der Waals surface area contributed by atoms with E-state index in [0.717, 1.165) is 57.6 Å². The van der Waals surface area contributed by atoms with Crippen LogP contribution in [0.15, 0.2) is 36.7 Å². The zero-order valence-electron chi connectivity index (χ0n) is 16.9. The van der Waals surface area contributed by atoms with Crippen LogP contribution in [0.2, 0.25) is 0 Å². The van der Waals surface area contributed by atoms with E-state index in [1.807, 2.05) is 35.4 Å². The van der Waals surface area contributed by atoms with Gasteiger partial charge in [0.15, 0.2) is 11.5 Å². The van der Waals surface area contributed by atoms with Crippen molar-refractivity contribution in [2.75, 3.05) is 39.8 Å². The van der Waals surface area contributed by atoms with Gasteiger partial charge in [-0.2, -0.15) is 0 Å². The first-order chi connectivity index (χ1) is 14.2. The van der Waals surface area contributed by atoms with E-state index in [-0.39, 0.29) is 11.8 Å². The molecule has 0 saturated carbocycles. The first kappa shape index (κ1) is 19.6. The number of para-hydroxylation sites is 2. The zero-order chi connectivity index (χ0) is 20.1. The smallest absolute Gasteiger partial charge is 0.238 e. The summed E-state index contributed by atoms with van der Waals surface area (Å²) in [6.45, 7) is 4.10. The van der Waals surface area contributed by atoms with Gasteiger partial charge in [-0.3, -0.25) is 14.7 Å². The number of methoxy groups -OCH3 is 1. The van der Waals surface area contributed by atoms with Gasteiger partial charge >= 0.3 is 0 Å². The Hall–Kier alpha value is -2.67. The van der Waals surface area contributed by atoms with Crippen LogP contribution in [-0.2, 0) is 4.79 Å². The molecule has 0 radical (unpaired) electrons. The largest absolute Gasteiger partial charge is 0.493 e. The number of ether oxygens (including phenoxy) is 2. The molecule has 29 heavy (non-hydrogen) atoms. The number of hydrogen-bond acceptors (Lipinski definition) is 6. The number of aromatic nitrogens is 2. The molecular formula is C22H28N4O3. The molecule has 7 heteroatoms. The molecule has 3 heterocycles. The van der Waals surface area contributed by atoms with Crippen LogP contribution < -0.4 is 9.47 Å². The summed E-state index contributed by atoms with van der Waals surface area (Å²) in [4.78, 5) is 25.8. The average Bonchev–Trinajstić information content (AvgIpc) is 3.30. The van der Waals surface area contributed by atoms with Gasteiger partial charge in [0.05, 0.1) is 25.5 Å². The SMILES string of the molecule is COc1ccccc1Oc1cncc([C@@H]2CCCN(CC(=O)N3CCCC3)C2)n1. The van der Waals surface area contributed by atoms with E-state index in [2.05, 4.69) is 9.88 Å². The molecule has 1 atom stereocenters. The maximum absolute atomic E-state index is 12.5. The monoisotopic (exact) mass is 396 g/mol. The molecule has 0 N–H and O–H groups in total. The van der Waals surface area contributed by atoms with E-state index < -0.39 is 0 Å². The number of carbonyl (C=O) groups is 1. The van der Waals surface area contributed by atoms with Gasteiger partial charge in [0, 0.05) is 31.7 Å². The van der Waals surface area contributed by atoms with E-state index in [4.69, 9.17) is 14.5 Å². The second kappa shape index (κ2) is 9.22. The molecule has 0 unspecified atom stereocenters. The molecule has 2 aliphatic heterocycles. The average molecular weight is 396 g/mol. The van der Waals surface area contributed by atoms with Gasteiger partial charge in [0.1, 0.15) is 0 Å². The number of piperidine rings is 1. The van der Waals surface area contributed by atoms with Crippen LogP contribution >= 0.6 is 0 Å². The van der Waals surface area contributed by atoms with Crippen LogP contribution in [-0.4, -0.2) is 65.5 Å². The fourth-order valence-electron chi connectivity index (χ4n) is 4.12. The Bertz CT molecular complexity index is 838. The predicted molar refractivity (Wildman–Crippen MR) is 109 cm³/mol. The summed E-state index contributed by atoms with van der Waals surface area (Å²) in [6, 6.07) is 7.49. The third-order valence-electron chi connectivity index (χ3n) is 5.66. The Morgan fingerprint density at radius 3 is 2.69 bits per heavy atom. The molecule has 1 amide bonds. The minimum Gasteiger partial charge on any atom is -0.493 e. The fourth-order valence-corrected chi connectivity index (χ4v) is 4.12. The van der Waals surface area contributed by atoms with Crippen molar-refractivity contribution < 1.29 is 14.3 Å². The van der Waals surface area contributed by atoms with Crippen LogP contribution in [0.4, 0.5) is 0 Å². The lowest BCUT2D eigenvalue weighted by Gasteiger charge is -2.32. The maximum atomic E-state index is 12.5. The summed E-state index contributed by atoms with van der Waals surface area (Å²) in [6.07, 6.45) is 7.78. The minimum absolute atomic E-state index is 0.252. The van der Waals surface area contributed by atoms with E-state index >= 15 is 0 Å². The number of carbonyl (C=O) groups excluding carboxylic acids is 1. The summed E-state index contributed by atoms with van der Waals surface area (Å²) in [5, 5.41) is 0. The number of benzene rings is 1. The Morgan fingerprint density at radius 2 is 1.90 bits per heavy atom. The molecule has 2 saturated heterocycles. The summed E-state index contributed by atoms with van der Waals surface area (Å²) in [7, 11) is 1.62. The highest BCUT2D eigenvalue weighted by Crippen LogP contribution is 2.31. The second-order valence-electron chi connectivity index (χ2n) is 7.70. The Morgan fingerprint density at radius 1 is 1.10 bits per heavy atom. The van der Waals surface area contributed by atoms with Crippen LogP contribution in [0.3, 0.4) is 0 Å². The molecule has 2 fully saturated rings. The highest BCUT2D eigenvalue weighted by molar-refractivity contribution is 5.78. The Kier molecular flexibility index (Phi) is 6.24. The van der Waals surface area contributed by atoms with E-state index in [0.29, 0.717) is 23.9 Å². The summed E-state index contributed by atoms with van der Waals surface area (Å²) < 4.78 is 11.3. The van der Waals surface area contributed by atoms with Crippen molar-refractivity contribution in [3.8, 4) is 17.4 Å². The highest BCUT2D eigenvalue weighted by atomic mass is 16.5. The lowest BCUT2D eigenvalue weighted by Crippen LogP contribution is -2.43. The van der Waals surface area contributed by atoms with Crippen molar-refractivity contribution >= 4 is 5.91 Å². The molecule has 0 bridgehead atoms. The van der Waals surface area contributed by atoms with E-state index in [9.17, 15) is 4.79 Å². The van der Waals surface area contributed by atoms with Crippen molar-refractivity contribution in [2.24, 2.45) is 0 Å². The topological polar surface area (TPSA) is 67.8 Å². The number of likely N-dealkylation sites (tertiary alicyclic amines) is 2. The standard InChI is InChI=1S/C22H28N4O3/c1-28-19-8-2-3-9-20(19)29-21-14-23-13-18(24-21)17-7-6-10-25(15-17)16-22(27)26-11-4-5-12-26/h2-3,8-9,13-14,17H,4-7,10-12,15-16H2,1H3/t17-/m1/s1. The summed E-state index contributed by atoms with van der Waals surface area (Å²) >= 11 is 0. The van der Waals surface area contributed by atoms with Crippen LogP contribution in [0.5, 0.6) is 17.4 Å². The van der Waals surface area contributed by atoms with Gasteiger partial charge in [0.25, 0.3) is 0 Å². The summed E-state index contributed by atoms with van der Waals surface area (Å²) in [5.74, 6) is 2.23. The van der Waals surface area contributed by atoms with Crippen LogP contribution in [0, 0.1) is 0 Å². The molecule has 1 aromatic carbocycles. The lowest BCUT2D eigenvalue weighted by atomic mass is 9.95. The molecule has 1 aromatic heterocycles. The number of amides is 1. The van der Waals surface area contributed by atoms with Gasteiger partial charge in [-0.25, -0.2) is 4.98 Å². The number of nitrogens with zero attached hydrogens (tertiary/aromatic N) is 4. The Balaban J connectivity index is 1.41. The highest BCUT2D eigenvalue weighted by Gasteiger charge is 2.26. The third kappa shape index (κ3) is 4.85. The van der Waals surface area contributed by atoms with Crippen molar-refractivity contribution in [3.63, 3.8) is 0 Å². The van der Waals surface area contributed by atoms with E-state index in [1.54, 1.807) is 13.3 Å². The summed E-state index contributed by atoms with van der Waals surface area (Å²) in [5.41, 5.74) is 0.913. The first-order valence-electron chi connectivity index (χ1n) is 10.4. The third-order valence-corrected chi connectivity index (χ3v) is 5.66. The first-order valence-corrected chi connectivity index (χ1v) is 10.4. The normalized spacial score (nSPS) is 19.9. The van der Waals surface area contributed by atoms with E-state index in [1.165, 1.54) is 0 Å². The zero-order valence-corrected chi connectivity index (χ0v) is 16.9. The molecule has 0 aliphatic carbocycles. The molecule has 2 aliphatic rings. The molecule has 2 aromatic rings. The molecule has 154 valence electrons. The van der Waals surface area contributed by atoms with Crippen LogP contribution in [0.25, 0.3) is 0 Å². The lowest BCUT2D eigenvalue weighted by molar-refractivity contribution is -0.131. The minimum atomic E-state index is 0.252. The molecular weight excluding hydrogens is 368 g/mol. The van der Waals surface area contributed by atoms with Crippen molar-refractivity contribution in [2.45, 2.75) is 31.6 Å². The molecule has 4 rings (SSSR count). The maximum Gasteiger partial charge on any atom is 0.238 e. The van der Waals surface area contributed by atoms with Crippen molar-refractivity contribution in [1.29, 1.82) is 0 Å². The van der Waals surface area contributed by atoms with Crippen molar-refractivity contribution in [1.82, 2.24) is 19.8 Å². The van der Waals surface area contributed by atoms with Gasteiger partial charge in [-0.15, -0.1) is 0 Å². The van der Waals surface area contributed by atoms with Gasteiger partial charge in [-0.05, 0) is 44.4 Å². The second-order valence-corrected chi connectivity index (χ2v) is 7.70. The van der Waals surface area contributed by atoms with Crippen molar-refractivity contribution in [3.05, 3.63) is 42.4 Å². The van der Waals surface area contributed by atoms with Gasteiger partial charge in [-0.1, -0.05) is 12.1 Å². The molecule has 7 nitrogen and oxygen atoms in total. The van der Waals surface area contributed by atoms with Crippen LogP contribution in [0.1, 0.15) is 37.3 Å². The molecule has 0 spiro atoms. The fraction of sp³-hybridized carbons (Fsp3) is 0.500. The van der Waals surface area contributed by atoms with Gasteiger partial charge < -0.3 is 14.4 Å². The quantitative estimate of drug-likeness (QED) is 0.748. The van der Waals surface area contributed by atoms with Gasteiger partial charge in [0.2, 0.25) is 11.8 Å². The predicted octanol–water partition coefficient (Wildman–Crippen LogP) is 3.08. The number of hydrogen-bond donors (Lipinski definition) is 0. The Labute approximate surface area is 171 Å². The number of rotatable bonds is 6.